The van der Waals surface area contributed by atoms with Crippen LogP contribution in [-0.2, 0) is 4.74 Å². The van der Waals surface area contributed by atoms with Crippen LogP contribution in [0, 0.1) is 17.8 Å². The molecule has 0 amide bonds. The van der Waals surface area contributed by atoms with Crippen LogP contribution in [0.1, 0.15) is 60.8 Å². The van der Waals surface area contributed by atoms with Crippen LogP contribution in [0.3, 0.4) is 0 Å². The molecule has 1 aliphatic rings. The maximum atomic E-state index is 10.1. The largest absolute Gasteiger partial charge is 0.391 e. The maximum absolute atomic E-state index is 10.1. The van der Waals surface area contributed by atoms with Gasteiger partial charge in [-0.3, -0.25) is 0 Å². The van der Waals surface area contributed by atoms with E-state index in [1.807, 2.05) is 6.92 Å². The van der Waals surface area contributed by atoms with Crippen LogP contribution in [-0.4, -0.2) is 31.3 Å². The lowest BCUT2D eigenvalue weighted by atomic mass is 9.61. The van der Waals surface area contributed by atoms with Crippen molar-refractivity contribution >= 4 is 7.85 Å². The van der Waals surface area contributed by atoms with Crippen molar-refractivity contribution in [2.75, 3.05) is 6.61 Å². The zero-order valence-electron chi connectivity index (χ0n) is 13.6. The minimum atomic E-state index is -0.930. The van der Waals surface area contributed by atoms with E-state index < -0.39 is 10.9 Å². The monoisotopic (exact) mass is 266 g/mol. The quantitative estimate of drug-likeness (QED) is 0.771. The van der Waals surface area contributed by atoms with Crippen molar-refractivity contribution in [1.82, 2.24) is 0 Å². The second-order valence-electron chi connectivity index (χ2n) is 7.65. The molecule has 0 saturated heterocycles. The van der Waals surface area contributed by atoms with Gasteiger partial charge in [-0.15, -0.1) is 0 Å². The normalized spacial score (nSPS) is 32.3. The van der Waals surface area contributed by atoms with E-state index in [0.717, 1.165) is 12.3 Å². The van der Waals surface area contributed by atoms with Crippen LogP contribution in [0.2, 0.25) is 5.31 Å². The molecule has 1 aliphatic carbocycles. The first kappa shape index (κ1) is 17.0. The Hall–Kier alpha value is -0.0151. The maximum Gasteiger partial charge on any atom is 0.0813 e. The van der Waals surface area contributed by atoms with E-state index in [9.17, 15) is 5.11 Å². The van der Waals surface area contributed by atoms with Crippen molar-refractivity contribution in [1.29, 1.82) is 0 Å². The topological polar surface area (TPSA) is 29.5 Å². The molecule has 4 unspecified atom stereocenters. The molecule has 0 heterocycles. The molecule has 1 saturated carbocycles. The predicted octanol–water partition coefficient (Wildman–Crippen LogP) is 3.58. The van der Waals surface area contributed by atoms with Crippen LogP contribution >= 0.6 is 0 Å². The van der Waals surface area contributed by atoms with Crippen molar-refractivity contribution in [2.45, 2.75) is 77.8 Å². The smallest absolute Gasteiger partial charge is 0.0813 e. The van der Waals surface area contributed by atoms with Gasteiger partial charge in [-0.2, -0.15) is 0 Å². The molecule has 3 heteroatoms. The fourth-order valence-corrected chi connectivity index (χ4v) is 2.76. The molecule has 1 rings (SSSR count). The van der Waals surface area contributed by atoms with Crippen molar-refractivity contribution in [2.24, 2.45) is 17.8 Å². The molecule has 4 atom stereocenters. The Morgan fingerprint density at radius 1 is 1.26 bits per heavy atom. The van der Waals surface area contributed by atoms with Crippen LogP contribution in [0.5, 0.6) is 0 Å². The van der Waals surface area contributed by atoms with E-state index >= 15 is 0 Å². The summed E-state index contributed by atoms with van der Waals surface area (Å²) in [6, 6.07) is 0. The summed E-state index contributed by atoms with van der Waals surface area (Å²) in [5.41, 5.74) is -0.930. The average Bonchev–Trinajstić information content (AvgIpc) is 2.24. The lowest BCUT2D eigenvalue weighted by Crippen LogP contribution is -2.42. The molecular formula is C16H31BO2. The zero-order chi connectivity index (χ0) is 14.8. The van der Waals surface area contributed by atoms with E-state index in [2.05, 4.69) is 20.8 Å². The Kier molecular flexibility index (Phi) is 5.54. The summed E-state index contributed by atoms with van der Waals surface area (Å²) in [5.74, 6) is 1.99. The number of ether oxygens (including phenoxy) is 1. The molecule has 0 aliphatic heterocycles. The molecule has 0 aromatic rings. The third-order valence-corrected chi connectivity index (χ3v) is 4.96. The average molecular weight is 266 g/mol. The highest BCUT2D eigenvalue weighted by Crippen LogP contribution is 2.39. The molecule has 2 nitrogen and oxygen atoms in total. The van der Waals surface area contributed by atoms with Crippen LogP contribution in [0.25, 0.3) is 0 Å². The highest BCUT2D eigenvalue weighted by Gasteiger charge is 2.37. The number of hydrogen-bond donors (Lipinski definition) is 1. The van der Waals surface area contributed by atoms with Crippen molar-refractivity contribution in [3.8, 4) is 0 Å². The standard InChI is InChI=1S/C16H31BO2/c1-11(2)13-8-7-12(3)9-14(13)19-10-16(6,17)15(4,5)18/h11-14,18H,7-10H2,1-6H3. The van der Waals surface area contributed by atoms with Crippen LogP contribution in [0.4, 0.5) is 0 Å². The Balaban J connectivity index is 2.63. The number of rotatable bonds is 5. The second kappa shape index (κ2) is 6.18. The lowest BCUT2D eigenvalue weighted by Gasteiger charge is -2.42. The molecule has 1 fully saturated rings. The molecule has 19 heavy (non-hydrogen) atoms. The summed E-state index contributed by atoms with van der Waals surface area (Å²) in [7, 11) is 6.19. The summed E-state index contributed by atoms with van der Waals surface area (Å²) < 4.78 is 6.13. The first-order chi connectivity index (χ1) is 8.54. The van der Waals surface area contributed by atoms with Gasteiger partial charge in [-0.1, -0.05) is 34.1 Å². The van der Waals surface area contributed by atoms with E-state index in [0.29, 0.717) is 18.4 Å². The summed E-state index contributed by atoms with van der Waals surface area (Å²) >= 11 is 0. The van der Waals surface area contributed by atoms with Gasteiger partial charge in [0, 0.05) is 6.61 Å². The number of hydrogen-bond acceptors (Lipinski definition) is 2. The fraction of sp³-hybridized carbons (Fsp3) is 1.00. The summed E-state index contributed by atoms with van der Waals surface area (Å²) in [5, 5.41) is 9.38. The van der Waals surface area contributed by atoms with Gasteiger partial charge < -0.3 is 9.84 Å². The fourth-order valence-electron chi connectivity index (χ4n) is 2.76. The van der Waals surface area contributed by atoms with Gasteiger partial charge in [-0.05, 0) is 49.8 Å². The summed E-state index contributed by atoms with van der Waals surface area (Å²) in [6.07, 6.45) is 3.94. The number of aliphatic hydroxyl groups is 1. The van der Waals surface area contributed by atoms with Gasteiger partial charge in [0.25, 0.3) is 0 Å². The Bertz CT molecular complexity index is 281. The third-order valence-electron chi connectivity index (χ3n) is 4.96. The molecular weight excluding hydrogens is 235 g/mol. The zero-order valence-corrected chi connectivity index (χ0v) is 13.6. The first-order valence-electron chi connectivity index (χ1n) is 7.67. The minimum absolute atomic E-state index is 0.286. The summed E-state index contributed by atoms with van der Waals surface area (Å²) in [6.45, 7) is 12.6. The minimum Gasteiger partial charge on any atom is -0.391 e. The Labute approximate surface area is 120 Å². The van der Waals surface area contributed by atoms with Crippen LogP contribution in [0.15, 0.2) is 0 Å². The van der Waals surface area contributed by atoms with Gasteiger partial charge in [-0.25, -0.2) is 0 Å². The second-order valence-corrected chi connectivity index (χ2v) is 7.65. The van der Waals surface area contributed by atoms with E-state index in [1.54, 1.807) is 13.8 Å². The van der Waals surface area contributed by atoms with Crippen molar-refractivity contribution in [3.63, 3.8) is 0 Å². The molecule has 1 N–H and O–H groups in total. The Morgan fingerprint density at radius 3 is 2.32 bits per heavy atom. The Morgan fingerprint density at radius 2 is 1.84 bits per heavy atom. The van der Waals surface area contributed by atoms with Crippen LogP contribution < -0.4 is 0 Å². The third kappa shape index (κ3) is 4.49. The molecule has 0 bridgehead atoms. The van der Waals surface area contributed by atoms with Crippen molar-refractivity contribution in [3.05, 3.63) is 0 Å². The van der Waals surface area contributed by atoms with Gasteiger partial charge in [0.15, 0.2) is 0 Å². The lowest BCUT2D eigenvalue weighted by molar-refractivity contribution is -0.0764. The van der Waals surface area contributed by atoms with Gasteiger partial charge in [0.05, 0.1) is 19.6 Å². The molecule has 0 aromatic heterocycles. The van der Waals surface area contributed by atoms with Gasteiger partial charge in [0.2, 0.25) is 0 Å². The van der Waals surface area contributed by atoms with Gasteiger partial charge >= 0.3 is 0 Å². The first-order valence-corrected chi connectivity index (χ1v) is 7.67. The molecule has 2 radical (unpaired) electrons. The van der Waals surface area contributed by atoms with E-state index in [4.69, 9.17) is 12.6 Å². The van der Waals surface area contributed by atoms with E-state index in [-0.39, 0.29) is 6.10 Å². The molecule has 0 aromatic carbocycles. The SMILES string of the molecule is [B]C(C)(COC1CC(C)CCC1C(C)C)C(C)(C)O. The predicted molar refractivity (Wildman–Crippen MR) is 81.5 cm³/mol. The van der Waals surface area contributed by atoms with Gasteiger partial charge in [0.1, 0.15) is 0 Å². The molecule has 110 valence electrons. The highest BCUT2D eigenvalue weighted by molar-refractivity contribution is 6.15. The summed E-state index contributed by atoms with van der Waals surface area (Å²) in [4.78, 5) is 0. The highest BCUT2D eigenvalue weighted by atomic mass is 16.5. The van der Waals surface area contributed by atoms with Crippen molar-refractivity contribution < 1.29 is 9.84 Å². The molecule has 0 spiro atoms. The van der Waals surface area contributed by atoms with E-state index in [1.165, 1.54) is 12.8 Å².